The van der Waals surface area contributed by atoms with E-state index < -0.39 is 10.0 Å². The molecule has 1 aromatic rings. The zero-order valence-corrected chi connectivity index (χ0v) is 16.5. The van der Waals surface area contributed by atoms with Gasteiger partial charge in [-0.05, 0) is 37.1 Å². The quantitative estimate of drug-likeness (QED) is 0.438. The average molecular weight is 384 g/mol. The van der Waals surface area contributed by atoms with Crippen LogP contribution >= 0.6 is 0 Å². The van der Waals surface area contributed by atoms with Crippen LogP contribution in [0.2, 0.25) is 0 Å². The Bertz CT molecular complexity index is 686. The molecule has 7 nitrogen and oxygen atoms in total. The zero-order chi connectivity index (χ0) is 19.6. The van der Waals surface area contributed by atoms with Crippen LogP contribution in [-0.2, 0) is 14.8 Å². The molecular weight excluding hydrogens is 356 g/mol. The van der Waals surface area contributed by atoms with Crippen molar-refractivity contribution in [3.05, 3.63) is 29.8 Å². The highest BCUT2D eigenvalue weighted by molar-refractivity contribution is 7.88. The minimum atomic E-state index is -3.20. The van der Waals surface area contributed by atoms with Crippen LogP contribution in [0.1, 0.15) is 43.0 Å². The van der Waals surface area contributed by atoms with Crippen molar-refractivity contribution in [2.24, 2.45) is 0 Å². The number of carbonyl (C=O) groups is 2. The van der Waals surface area contributed by atoms with Crippen molar-refractivity contribution >= 4 is 21.7 Å². The molecule has 0 aliphatic rings. The second-order valence-electron chi connectivity index (χ2n) is 6.08. The first-order valence-electron chi connectivity index (χ1n) is 8.68. The van der Waals surface area contributed by atoms with Gasteiger partial charge in [-0.2, -0.15) is 0 Å². The molecule has 0 aromatic heterocycles. The molecule has 0 aliphatic heterocycles. The van der Waals surface area contributed by atoms with E-state index in [0.717, 1.165) is 18.4 Å². The van der Waals surface area contributed by atoms with E-state index >= 15 is 0 Å². The molecule has 0 aliphatic carbocycles. The summed E-state index contributed by atoms with van der Waals surface area (Å²) < 4.78 is 29.2. The molecular formula is C18H28N2O5S. The lowest BCUT2D eigenvalue weighted by atomic mass is 10.1. The van der Waals surface area contributed by atoms with Crippen molar-refractivity contribution in [3.63, 3.8) is 0 Å². The van der Waals surface area contributed by atoms with E-state index in [-0.39, 0.29) is 24.5 Å². The minimum absolute atomic E-state index is 0.0981. The number of hydrogen-bond acceptors (Lipinski definition) is 5. The first-order valence-corrected chi connectivity index (χ1v) is 10.5. The maximum absolute atomic E-state index is 12.1. The Hall–Kier alpha value is -1.93. The van der Waals surface area contributed by atoms with Gasteiger partial charge in [0.05, 0.1) is 12.9 Å². The van der Waals surface area contributed by atoms with E-state index in [4.69, 9.17) is 4.74 Å². The Labute approximate surface area is 155 Å². The summed E-state index contributed by atoms with van der Waals surface area (Å²) >= 11 is 0. The molecule has 1 aromatic carbocycles. The fraction of sp³-hybridized carbons (Fsp3) is 0.556. The largest absolute Gasteiger partial charge is 0.494 e. The molecule has 0 saturated heterocycles. The third-order valence-corrected chi connectivity index (χ3v) is 5.08. The van der Waals surface area contributed by atoms with Gasteiger partial charge in [-0.25, -0.2) is 12.7 Å². The van der Waals surface area contributed by atoms with Gasteiger partial charge in [-0.3, -0.25) is 9.59 Å². The standard InChI is InChI=1S/C18H28N2O5S/c1-4-14-25-16-8-6-15(7-9-16)17(21)10-11-18(22)19-12-5-13-20(2)26(3,23)24/h6-9H,4-5,10-14H2,1-3H3,(H,19,22). The molecule has 1 rings (SSSR count). The fourth-order valence-electron chi connectivity index (χ4n) is 2.11. The average Bonchev–Trinajstić information content (AvgIpc) is 2.60. The second-order valence-corrected chi connectivity index (χ2v) is 8.17. The highest BCUT2D eigenvalue weighted by Gasteiger charge is 2.11. The monoisotopic (exact) mass is 384 g/mol. The molecule has 0 spiro atoms. The number of benzene rings is 1. The van der Waals surface area contributed by atoms with Gasteiger partial charge >= 0.3 is 0 Å². The van der Waals surface area contributed by atoms with Crippen LogP contribution in [0.15, 0.2) is 24.3 Å². The van der Waals surface area contributed by atoms with E-state index in [9.17, 15) is 18.0 Å². The van der Waals surface area contributed by atoms with Crippen molar-refractivity contribution in [1.29, 1.82) is 0 Å². The van der Waals surface area contributed by atoms with Gasteiger partial charge in [0.15, 0.2) is 5.78 Å². The first-order chi connectivity index (χ1) is 12.2. The Balaban J connectivity index is 2.28. The van der Waals surface area contributed by atoms with E-state index in [0.29, 0.717) is 31.7 Å². The smallest absolute Gasteiger partial charge is 0.220 e. The molecule has 146 valence electrons. The molecule has 0 unspecified atom stereocenters. The van der Waals surface area contributed by atoms with Gasteiger partial charge in [0, 0.05) is 38.5 Å². The Kier molecular flexibility index (Phi) is 9.29. The van der Waals surface area contributed by atoms with Crippen molar-refractivity contribution in [2.75, 3.05) is 33.0 Å². The maximum atomic E-state index is 12.1. The Morgan fingerprint density at radius 3 is 2.38 bits per heavy atom. The molecule has 0 atom stereocenters. The maximum Gasteiger partial charge on any atom is 0.220 e. The van der Waals surface area contributed by atoms with Crippen LogP contribution in [0.3, 0.4) is 0 Å². The predicted octanol–water partition coefficient (Wildman–Crippen LogP) is 1.84. The predicted molar refractivity (Wildman–Crippen MR) is 101 cm³/mol. The number of nitrogens with one attached hydrogen (secondary N) is 1. The van der Waals surface area contributed by atoms with Crippen molar-refractivity contribution in [3.8, 4) is 5.75 Å². The summed E-state index contributed by atoms with van der Waals surface area (Å²) in [5, 5.41) is 2.70. The summed E-state index contributed by atoms with van der Waals surface area (Å²) in [5.41, 5.74) is 0.552. The third kappa shape index (κ3) is 8.44. The summed E-state index contributed by atoms with van der Waals surface area (Å²) in [6.07, 6.45) is 2.81. The molecule has 26 heavy (non-hydrogen) atoms. The second kappa shape index (κ2) is 10.9. The number of amides is 1. The lowest BCUT2D eigenvalue weighted by Crippen LogP contribution is -2.31. The Morgan fingerprint density at radius 2 is 1.81 bits per heavy atom. The molecule has 8 heteroatoms. The molecule has 0 fully saturated rings. The fourth-order valence-corrected chi connectivity index (χ4v) is 2.57. The van der Waals surface area contributed by atoms with Crippen LogP contribution in [0.4, 0.5) is 0 Å². The van der Waals surface area contributed by atoms with Crippen LogP contribution in [0.25, 0.3) is 0 Å². The summed E-state index contributed by atoms with van der Waals surface area (Å²) in [7, 11) is -1.70. The summed E-state index contributed by atoms with van der Waals surface area (Å²) in [6.45, 7) is 3.36. The van der Waals surface area contributed by atoms with E-state index in [2.05, 4.69) is 5.32 Å². The van der Waals surface area contributed by atoms with Crippen molar-refractivity contribution < 1.29 is 22.7 Å². The zero-order valence-electron chi connectivity index (χ0n) is 15.7. The number of carbonyl (C=O) groups excluding carboxylic acids is 2. The number of Topliss-reactive ketones (excluding diaryl/α,β-unsaturated/α-hetero) is 1. The minimum Gasteiger partial charge on any atom is -0.494 e. The molecule has 1 amide bonds. The number of sulfonamides is 1. The van der Waals surface area contributed by atoms with E-state index in [1.54, 1.807) is 24.3 Å². The summed E-state index contributed by atoms with van der Waals surface area (Å²) in [5.74, 6) is 0.405. The van der Waals surface area contributed by atoms with Gasteiger partial charge in [0.25, 0.3) is 0 Å². The lowest BCUT2D eigenvalue weighted by molar-refractivity contribution is -0.121. The highest BCUT2D eigenvalue weighted by atomic mass is 32.2. The molecule has 0 heterocycles. The topological polar surface area (TPSA) is 92.8 Å². The van der Waals surface area contributed by atoms with Crippen LogP contribution in [0.5, 0.6) is 5.75 Å². The van der Waals surface area contributed by atoms with Crippen molar-refractivity contribution in [2.45, 2.75) is 32.6 Å². The van der Waals surface area contributed by atoms with Gasteiger partial charge in [0.2, 0.25) is 15.9 Å². The number of nitrogens with zero attached hydrogens (tertiary/aromatic N) is 1. The normalized spacial score (nSPS) is 11.4. The van der Waals surface area contributed by atoms with Crippen molar-refractivity contribution in [1.82, 2.24) is 9.62 Å². The van der Waals surface area contributed by atoms with E-state index in [1.807, 2.05) is 6.92 Å². The number of ether oxygens (including phenoxy) is 1. The SMILES string of the molecule is CCCOc1ccc(C(=O)CCC(=O)NCCCN(C)S(C)(=O)=O)cc1. The lowest BCUT2D eigenvalue weighted by Gasteiger charge is -2.13. The van der Waals surface area contributed by atoms with Gasteiger partial charge in [-0.1, -0.05) is 6.92 Å². The molecule has 0 saturated carbocycles. The van der Waals surface area contributed by atoms with E-state index in [1.165, 1.54) is 11.4 Å². The number of hydrogen-bond donors (Lipinski definition) is 1. The van der Waals surface area contributed by atoms with Crippen LogP contribution < -0.4 is 10.1 Å². The molecule has 0 radical (unpaired) electrons. The van der Waals surface area contributed by atoms with Crippen LogP contribution in [0, 0.1) is 0 Å². The highest BCUT2D eigenvalue weighted by Crippen LogP contribution is 2.14. The van der Waals surface area contributed by atoms with Gasteiger partial charge in [-0.15, -0.1) is 0 Å². The summed E-state index contributed by atoms with van der Waals surface area (Å²) in [6, 6.07) is 6.90. The Morgan fingerprint density at radius 1 is 1.15 bits per heavy atom. The van der Waals surface area contributed by atoms with Crippen LogP contribution in [-0.4, -0.2) is 57.4 Å². The number of ketones is 1. The third-order valence-electron chi connectivity index (χ3n) is 3.77. The summed E-state index contributed by atoms with van der Waals surface area (Å²) in [4.78, 5) is 23.9. The number of rotatable bonds is 12. The molecule has 1 N–H and O–H groups in total. The van der Waals surface area contributed by atoms with Gasteiger partial charge in [0.1, 0.15) is 5.75 Å². The van der Waals surface area contributed by atoms with Gasteiger partial charge < -0.3 is 10.1 Å². The first kappa shape index (κ1) is 22.1. The molecule has 0 bridgehead atoms.